The van der Waals surface area contributed by atoms with Crippen molar-refractivity contribution in [3.05, 3.63) is 35.4 Å². The molecular formula is C10H7F2NO. The number of rotatable bonds is 2. The normalized spacial score (nSPS) is 24.1. The molecule has 72 valence electrons. The van der Waals surface area contributed by atoms with Gasteiger partial charge in [0.25, 0.3) is 0 Å². The van der Waals surface area contributed by atoms with Gasteiger partial charge in [-0.3, -0.25) is 0 Å². The van der Waals surface area contributed by atoms with Crippen molar-refractivity contribution >= 4 is 6.08 Å². The molecule has 14 heavy (non-hydrogen) atoms. The first-order chi connectivity index (χ1) is 6.72. The van der Waals surface area contributed by atoms with Crippen molar-refractivity contribution in [1.82, 2.24) is 0 Å². The SMILES string of the molecule is O=C=NC1CC1c1ccc(F)c(F)c1. The zero-order valence-corrected chi connectivity index (χ0v) is 7.21. The summed E-state index contributed by atoms with van der Waals surface area (Å²) in [4.78, 5) is 13.5. The highest BCUT2D eigenvalue weighted by atomic mass is 19.2. The van der Waals surface area contributed by atoms with E-state index in [9.17, 15) is 13.6 Å². The minimum absolute atomic E-state index is 0.0477. The van der Waals surface area contributed by atoms with Gasteiger partial charge < -0.3 is 0 Å². The topological polar surface area (TPSA) is 29.4 Å². The average molecular weight is 195 g/mol. The van der Waals surface area contributed by atoms with Crippen LogP contribution in [-0.2, 0) is 4.79 Å². The lowest BCUT2D eigenvalue weighted by atomic mass is 10.1. The van der Waals surface area contributed by atoms with Crippen molar-refractivity contribution in [3.8, 4) is 0 Å². The molecule has 2 nitrogen and oxygen atoms in total. The van der Waals surface area contributed by atoms with E-state index in [0.29, 0.717) is 12.0 Å². The molecule has 1 aromatic carbocycles. The minimum Gasteiger partial charge on any atom is -0.211 e. The number of hydrogen-bond donors (Lipinski definition) is 0. The fourth-order valence-corrected chi connectivity index (χ4v) is 1.49. The molecule has 0 bridgehead atoms. The zero-order valence-electron chi connectivity index (χ0n) is 7.21. The molecule has 0 N–H and O–H groups in total. The number of benzene rings is 1. The van der Waals surface area contributed by atoms with E-state index in [0.717, 1.165) is 12.1 Å². The van der Waals surface area contributed by atoms with Crippen LogP contribution in [0, 0.1) is 11.6 Å². The Bertz CT molecular complexity index is 413. The molecule has 2 unspecified atom stereocenters. The van der Waals surface area contributed by atoms with E-state index < -0.39 is 11.6 Å². The Balaban J connectivity index is 2.19. The van der Waals surface area contributed by atoms with Gasteiger partial charge in [-0.2, -0.15) is 0 Å². The van der Waals surface area contributed by atoms with Crippen LogP contribution in [0.15, 0.2) is 23.2 Å². The minimum atomic E-state index is -0.858. The maximum Gasteiger partial charge on any atom is 0.235 e. The molecule has 0 saturated heterocycles. The Morgan fingerprint density at radius 3 is 2.79 bits per heavy atom. The molecule has 0 aliphatic heterocycles. The fourth-order valence-electron chi connectivity index (χ4n) is 1.49. The largest absolute Gasteiger partial charge is 0.235 e. The molecule has 2 atom stereocenters. The van der Waals surface area contributed by atoms with Crippen LogP contribution < -0.4 is 0 Å². The first kappa shape index (κ1) is 9.03. The molecule has 0 aromatic heterocycles. The Labute approximate surface area is 79.3 Å². The maximum atomic E-state index is 12.8. The van der Waals surface area contributed by atoms with E-state index in [-0.39, 0.29) is 12.0 Å². The second kappa shape index (κ2) is 3.31. The number of carbonyl (C=O) groups excluding carboxylic acids is 1. The summed E-state index contributed by atoms with van der Waals surface area (Å²) in [5, 5.41) is 0. The van der Waals surface area contributed by atoms with Gasteiger partial charge in [-0.05, 0) is 24.1 Å². The Morgan fingerprint density at radius 2 is 2.14 bits per heavy atom. The molecule has 1 aliphatic carbocycles. The number of hydrogen-bond acceptors (Lipinski definition) is 2. The quantitative estimate of drug-likeness (QED) is 0.525. The smallest absolute Gasteiger partial charge is 0.211 e. The third kappa shape index (κ3) is 1.56. The number of nitrogens with zero attached hydrogens (tertiary/aromatic N) is 1. The van der Waals surface area contributed by atoms with Crippen molar-refractivity contribution in [2.45, 2.75) is 18.4 Å². The first-order valence-corrected chi connectivity index (χ1v) is 4.24. The zero-order chi connectivity index (χ0) is 10.1. The third-order valence-electron chi connectivity index (χ3n) is 2.35. The van der Waals surface area contributed by atoms with Crippen molar-refractivity contribution < 1.29 is 13.6 Å². The van der Waals surface area contributed by atoms with Crippen LogP contribution in [0.3, 0.4) is 0 Å². The predicted octanol–water partition coefficient (Wildman–Crippen LogP) is 2.16. The molecule has 1 aromatic rings. The molecule has 4 heteroatoms. The molecule has 1 fully saturated rings. The Kier molecular flexibility index (Phi) is 2.14. The van der Waals surface area contributed by atoms with Gasteiger partial charge in [-0.25, -0.2) is 18.6 Å². The van der Waals surface area contributed by atoms with Gasteiger partial charge >= 0.3 is 0 Å². The van der Waals surface area contributed by atoms with Crippen molar-refractivity contribution in [2.24, 2.45) is 4.99 Å². The average Bonchev–Trinajstić information content (AvgIpc) is 2.90. The van der Waals surface area contributed by atoms with Crippen LogP contribution in [0.5, 0.6) is 0 Å². The number of halogens is 2. The molecule has 2 rings (SSSR count). The van der Waals surface area contributed by atoms with Crippen LogP contribution in [0.1, 0.15) is 17.9 Å². The van der Waals surface area contributed by atoms with Crippen LogP contribution in [0.2, 0.25) is 0 Å². The molecule has 0 radical (unpaired) electrons. The Morgan fingerprint density at radius 1 is 1.36 bits per heavy atom. The van der Waals surface area contributed by atoms with E-state index in [1.807, 2.05) is 0 Å². The summed E-state index contributed by atoms with van der Waals surface area (Å²) in [6.07, 6.45) is 2.17. The van der Waals surface area contributed by atoms with Crippen molar-refractivity contribution in [1.29, 1.82) is 0 Å². The van der Waals surface area contributed by atoms with Gasteiger partial charge in [0.05, 0.1) is 6.04 Å². The summed E-state index contributed by atoms with van der Waals surface area (Å²) in [5.74, 6) is -1.67. The fraction of sp³-hybridized carbons (Fsp3) is 0.300. The summed E-state index contributed by atoms with van der Waals surface area (Å²) in [5.41, 5.74) is 0.688. The van der Waals surface area contributed by atoms with Gasteiger partial charge in [-0.15, -0.1) is 0 Å². The summed E-state index contributed by atoms with van der Waals surface area (Å²) < 4.78 is 25.4. The predicted molar refractivity (Wildman–Crippen MR) is 45.6 cm³/mol. The summed E-state index contributed by atoms with van der Waals surface area (Å²) in [7, 11) is 0. The highest BCUT2D eigenvalue weighted by molar-refractivity contribution is 5.38. The van der Waals surface area contributed by atoms with E-state index in [2.05, 4.69) is 4.99 Å². The molecule has 0 spiro atoms. The van der Waals surface area contributed by atoms with Crippen molar-refractivity contribution in [3.63, 3.8) is 0 Å². The molecule has 0 amide bonds. The van der Waals surface area contributed by atoms with Crippen molar-refractivity contribution in [2.75, 3.05) is 0 Å². The molecule has 1 saturated carbocycles. The number of aliphatic imine (C=N–C) groups is 1. The number of isocyanates is 1. The van der Waals surface area contributed by atoms with Crippen LogP contribution in [-0.4, -0.2) is 12.1 Å². The van der Waals surface area contributed by atoms with Gasteiger partial charge in [0.2, 0.25) is 6.08 Å². The highest BCUT2D eigenvalue weighted by Gasteiger charge is 2.38. The molecular weight excluding hydrogens is 188 g/mol. The second-order valence-electron chi connectivity index (χ2n) is 3.30. The highest BCUT2D eigenvalue weighted by Crippen LogP contribution is 2.43. The lowest BCUT2D eigenvalue weighted by molar-refractivity contribution is 0.507. The third-order valence-corrected chi connectivity index (χ3v) is 2.35. The van der Waals surface area contributed by atoms with Crippen LogP contribution >= 0.6 is 0 Å². The van der Waals surface area contributed by atoms with Gasteiger partial charge in [0.1, 0.15) is 0 Å². The monoisotopic (exact) mass is 195 g/mol. The van der Waals surface area contributed by atoms with Gasteiger partial charge in [0.15, 0.2) is 11.6 Å². The van der Waals surface area contributed by atoms with Gasteiger partial charge in [0, 0.05) is 5.92 Å². The first-order valence-electron chi connectivity index (χ1n) is 4.24. The lowest BCUT2D eigenvalue weighted by Gasteiger charge is -1.98. The summed E-state index contributed by atoms with van der Waals surface area (Å²) >= 11 is 0. The van der Waals surface area contributed by atoms with E-state index in [1.54, 1.807) is 0 Å². The summed E-state index contributed by atoms with van der Waals surface area (Å²) in [6.45, 7) is 0. The Hall–Kier alpha value is -1.54. The van der Waals surface area contributed by atoms with E-state index in [4.69, 9.17) is 0 Å². The van der Waals surface area contributed by atoms with Gasteiger partial charge in [-0.1, -0.05) is 6.07 Å². The summed E-state index contributed by atoms with van der Waals surface area (Å²) in [6, 6.07) is 3.66. The van der Waals surface area contributed by atoms with Crippen LogP contribution in [0.4, 0.5) is 8.78 Å². The standard InChI is InChI=1S/C10H7F2NO/c11-8-2-1-6(3-9(8)12)7-4-10(7)13-5-14/h1-3,7,10H,4H2. The molecule has 1 aliphatic rings. The lowest BCUT2D eigenvalue weighted by Crippen LogP contribution is -1.89. The second-order valence-corrected chi connectivity index (χ2v) is 3.30. The van der Waals surface area contributed by atoms with E-state index in [1.165, 1.54) is 12.1 Å². The van der Waals surface area contributed by atoms with E-state index >= 15 is 0 Å². The van der Waals surface area contributed by atoms with Crippen LogP contribution in [0.25, 0.3) is 0 Å². The maximum absolute atomic E-state index is 12.8. The molecule has 0 heterocycles.